The van der Waals surface area contributed by atoms with E-state index in [0.29, 0.717) is 29.9 Å². The molecule has 0 saturated carbocycles. The second-order valence-corrected chi connectivity index (χ2v) is 10.2. The third kappa shape index (κ3) is 8.78. The first-order chi connectivity index (χ1) is 19.2. The SMILES string of the molecule is C=C(C)C(=O)OCCCc1ccc(CCc2ccc(-c3ccc(CCO)cc3CC)c(OC(=O)C(=C)C)c2)cc1. The van der Waals surface area contributed by atoms with Gasteiger partial charge >= 0.3 is 11.9 Å². The van der Waals surface area contributed by atoms with Crippen LogP contribution in [0.15, 0.2) is 85.0 Å². The Morgan fingerprint density at radius 2 is 1.27 bits per heavy atom. The molecule has 0 radical (unpaired) electrons. The van der Waals surface area contributed by atoms with Crippen LogP contribution < -0.4 is 4.74 Å². The minimum Gasteiger partial charge on any atom is -0.462 e. The van der Waals surface area contributed by atoms with Gasteiger partial charge in [-0.2, -0.15) is 0 Å². The molecule has 0 amide bonds. The zero-order chi connectivity index (χ0) is 29.1. The first-order valence-corrected chi connectivity index (χ1v) is 13.9. The molecule has 0 unspecified atom stereocenters. The standard InChI is InChI=1S/C35H40O5/c1-6-30-22-29(19-20-36)15-17-31(30)32-18-16-28(23-33(32)40-35(38)25(4)5)14-13-27-11-9-26(10-12-27)8-7-21-39-34(37)24(2)3/h9-12,15-18,22-23,36H,2,4,6-8,13-14,19-21H2,1,3,5H3. The van der Waals surface area contributed by atoms with Crippen LogP contribution in [0.25, 0.3) is 11.1 Å². The number of esters is 2. The van der Waals surface area contributed by atoms with Crippen LogP contribution in [0.4, 0.5) is 0 Å². The lowest BCUT2D eigenvalue weighted by Crippen LogP contribution is -2.10. The molecule has 0 aliphatic rings. The Labute approximate surface area is 238 Å². The van der Waals surface area contributed by atoms with E-state index in [1.165, 1.54) is 11.1 Å². The number of benzene rings is 3. The summed E-state index contributed by atoms with van der Waals surface area (Å²) in [4.78, 5) is 24.0. The summed E-state index contributed by atoms with van der Waals surface area (Å²) in [7, 11) is 0. The van der Waals surface area contributed by atoms with E-state index in [1.54, 1.807) is 13.8 Å². The zero-order valence-corrected chi connectivity index (χ0v) is 23.9. The van der Waals surface area contributed by atoms with E-state index in [4.69, 9.17) is 9.47 Å². The zero-order valence-electron chi connectivity index (χ0n) is 23.9. The number of aliphatic hydroxyl groups is 1. The predicted octanol–water partition coefficient (Wildman–Crippen LogP) is 6.77. The molecule has 210 valence electrons. The van der Waals surface area contributed by atoms with Gasteiger partial charge in [0.1, 0.15) is 5.75 Å². The molecule has 0 fully saturated rings. The van der Waals surface area contributed by atoms with Crippen LogP contribution >= 0.6 is 0 Å². The first kappa shape index (κ1) is 30.6. The van der Waals surface area contributed by atoms with E-state index < -0.39 is 5.97 Å². The molecule has 0 atom stereocenters. The average molecular weight is 541 g/mol. The first-order valence-electron chi connectivity index (χ1n) is 13.9. The molecule has 0 aliphatic carbocycles. The van der Waals surface area contributed by atoms with Gasteiger partial charge in [-0.3, -0.25) is 0 Å². The summed E-state index contributed by atoms with van der Waals surface area (Å²) < 4.78 is 11.0. The van der Waals surface area contributed by atoms with Crippen molar-refractivity contribution in [3.8, 4) is 16.9 Å². The van der Waals surface area contributed by atoms with Crippen LogP contribution in [-0.4, -0.2) is 30.3 Å². The van der Waals surface area contributed by atoms with Crippen LogP contribution in [0.3, 0.4) is 0 Å². The fourth-order valence-electron chi connectivity index (χ4n) is 4.43. The number of ether oxygens (including phenoxy) is 2. The molecule has 0 aliphatic heterocycles. The van der Waals surface area contributed by atoms with Crippen molar-refractivity contribution in [1.82, 2.24) is 0 Å². The van der Waals surface area contributed by atoms with Crippen molar-refractivity contribution in [2.75, 3.05) is 13.2 Å². The molecule has 0 saturated heterocycles. The Balaban J connectivity index is 1.72. The van der Waals surface area contributed by atoms with Crippen molar-refractivity contribution >= 4 is 11.9 Å². The molecular formula is C35H40O5. The summed E-state index contributed by atoms with van der Waals surface area (Å²) in [5.41, 5.74) is 8.36. The molecule has 1 N–H and O–H groups in total. The smallest absolute Gasteiger partial charge is 0.338 e. The Hall–Kier alpha value is -3.96. The highest BCUT2D eigenvalue weighted by atomic mass is 16.5. The van der Waals surface area contributed by atoms with Gasteiger partial charge in [0.25, 0.3) is 0 Å². The van der Waals surface area contributed by atoms with Crippen LogP contribution in [-0.2, 0) is 46.4 Å². The quantitative estimate of drug-likeness (QED) is 0.106. The van der Waals surface area contributed by atoms with Crippen molar-refractivity contribution in [2.45, 2.75) is 59.3 Å². The van der Waals surface area contributed by atoms with Gasteiger partial charge in [-0.05, 0) is 91.8 Å². The Kier molecular flexibility index (Phi) is 11.5. The minimum absolute atomic E-state index is 0.106. The van der Waals surface area contributed by atoms with Crippen molar-refractivity contribution in [3.63, 3.8) is 0 Å². The van der Waals surface area contributed by atoms with Crippen LogP contribution in [0.2, 0.25) is 0 Å². The normalized spacial score (nSPS) is 10.7. The summed E-state index contributed by atoms with van der Waals surface area (Å²) >= 11 is 0. The predicted molar refractivity (Wildman–Crippen MR) is 160 cm³/mol. The molecule has 40 heavy (non-hydrogen) atoms. The van der Waals surface area contributed by atoms with Gasteiger partial charge in [-0.1, -0.05) is 74.7 Å². The van der Waals surface area contributed by atoms with Crippen molar-refractivity contribution in [1.29, 1.82) is 0 Å². The molecule has 3 rings (SSSR count). The number of rotatable bonds is 14. The average Bonchev–Trinajstić information content (AvgIpc) is 2.95. The highest BCUT2D eigenvalue weighted by Crippen LogP contribution is 2.35. The summed E-state index contributed by atoms with van der Waals surface area (Å²) in [5.74, 6) is -0.265. The number of carbonyl (C=O) groups is 2. The highest BCUT2D eigenvalue weighted by Gasteiger charge is 2.15. The lowest BCUT2D eigenvalue weighted by atomic mass is 9.93. The largest absolute Gasteiger partial charge is 0.462 e. The Morgan fingerprint density at radius 1 is 0.725 bits per heavy atom. The number of hydrogen-bond donors (Lipinski definition) is 1. The third-order valence-electron chi connectivity index (χ3n) is 6.76. The molecule has 5 heteroatoms. The van der Waals surface area contributed by atoms with Gasteiger partial charge in [0, 0.05) is 23.3 Å². The van der Waals surface area contributed by atoms with E-state index in [-0.39, 0.29) is 12.6 Å². The minimum atomic E-state index is -0.446. The van der Waals surface area contributed by atoms with Crippen molar-refractivity contribution < 1.29 is 24.2 Å². The van der Waals surface area contributed by atoms with Crippen molar-refractivity contribution in [2.24, 2.45) is 0 Å². The lowest BCUT2D eigenvalue weighted by molar-refractivity contribution is -0.139. The molecule has 0 spiro atoms. The van der Waals surface area contributed by atoms with Crippen LogP contribution in [0.1, 0.15) is 55.0 Å². The molecule has 5 nitrogen and oxygen atoms in total. The van der Waals surface area contributed by atoms with E-state index in [1.807, 2.05) is 24.3 Å². The van der Waals surface area contributed by atoms with Gasteiger partial charge in [-0.15, -0.1) is 0 Å². The number of aliphatic hydroxyl groups excluding tert-OH is 1. The van der Waals surface area contributed by atoms with E-state index in [9.17, 15) is 14.7 Å². The van der Waals surface area contributed by atoms with Gasteiger partial charge in [0.2, 0.25) is 0 Å². The summed E-state index contributed by atoms with van der Waals surface area (Å²) in [6.07, 6.45) is 4.67. The van der Waals surface area contributed by atoms with Crippen LogP contribution in [0, 0.1) is 0 Å². The van der Waals surface area contributed by atoms with E-state index >= 15 is 0 Å². The van der Waals surface area contributed by atoms with Gasteiger partial charge in [-0.25, -0.2) is 9.59 Å². The second-order valence-electron chi connectivity index (χ2n) is 10.2. The molecule has 0 aromatic heterocycles. The van der Waals surface area contributed by atoms with Gasteiger partial charge in [0.15, 0.2) is 0 Å². The number of carbonyl (C=O) groups excluding carboxylic acids is 2. The molecule has 3 aromatic rings. The van der Waals surface area contributed by atoms with Crippen molar-refractivity contribution in [3.05, 3.63) is 113 Å². The van der Waals surface area contributed by atoms with Gasteiger partial charge in [0.05, 0.1) is 6.61 Å². The van der Waals surface area contributed by atoms with Crippen LogP contribution in [0.5, 0.6) is 5.75 Å². The fraction of sp³-hybridized carbons (Fsp3) is 0.314. The number of aryl methyl sites for hydroxylation is 4. The topological polar surface area (TPSA) is 72.8 Å². The molecule has 0 bridgehead atoms. The lowest BCUT2D eigenvalue weighted by Gasteiger charge is -2.16. The molecular weight excluding hydrogens is 500 g/mol. The van der Waals surface area contributed by atoms with E-state index in [0.717, 1.165) is 59.9 Å². The Morgan fingerprint density at radius 3 is 1.88 bits per heavy atom. The third-order valence-corrected chi connectivity index (χ3v) is 6.76. The fourth-order valence-corrected chi connectivity index (χ4v) is 4.43. The van der Waals surface area contributed by atoms with E-state index in [2.05, 4.69) is 56.5 Å². The summed E-state index contributed by atoms with van der Waals surface area (Å²) in [6, 6.07) is 20.7. The number of hydrogen-bond acceptors (Lipinski definition) is 5. The maximum absolute atomic E-state index is 12.5. The monoisotopic (exact) mass is 540 g/mol. The second kappa shape index (κ2) is 15.0. The maximum Gasteiger partial charge on any atom is 0.338 e. The summed E-state index contributed by atoms with van der Waals surface area (Å²) in [6.45, 7) is 13.2. The highest BCUT2D eigenvalue weighted by molar-refractivity contribution is 5.90. The van der Waals surface area contributed by atoms with Gasteiger partial charge < -0.3 is 14.6 Å². The summed E-state index contributed by atoms with van der Waals surface area (Å²) in [5, 5.41) is 9.33. The molecule has 0 heterocycles. The molecule has 3 aromatic carbocycles. The maximum atomic E-state index is 12.5. The Bertz CT molecular complexity index is 1350.